The Morgan fingerprint density at radius 2 is 1.68 bits per heavy atom. The molecule has 0 unspecified atom stereocenters. The monoisotopic (exact) mass is 496 g/mol. The molecule has 37 heavy (non-hydrogen) atoms. The molecule has 8 nitrogen and oxygen atoms in total. The van der Waals surface area contributed by atoms with Crippen LogP contribution < -0.4 is 15.3 Å². The van der Waals surface area contributed by atoms with Gasteiger partial charge in [0.25, 0.3) is 6.47 Å². The van der Waals surface area contributed by atoms with Gasteiger partial charge in [0.2, 0.25) is 5.89 Å². The minimum atomic E-state index is -0.517. The number of aromatic nitrogens is 1. The Hall–Kier alpha value is -4.85. The highest BCUT2D eigenvalue weighted by molar-refractivity contribution is 5.85. The molecule has 0 bridgehead atoms. The fourth-order valence-corrected chi connectivity index (χ4v) is 4.17. The van der Waals surface area contributed by atoms with Crippen molar-refractivity contribution in [2.45, 2.75) is 13.8 Å². The number of phenolic OH excluding ortho intramolecular Hbond substituents is 1. The molecule has 0 saturated heterocycles. The number of carbonyl (C=O) groups is 1. The summed E-state index contributed by atoms with van der Waals surface area (Å²) >= 11 is 0. The maximum atomic E-state index is 12.8. The van der Waals surface area contributed by atoms with Crippen molar-refractivity contribution in [2.24, 2.45) is 0 Å². The summed E-state index contributed by atoms with van der Waals surface area (Å²) in [4.78, 5) is 30.1. The van der Waals surface area contributed by atoms with Crippen LogP contribution in [0.15, 0.2) is 74.3 Å². The van der Waals surface area contributed by atoms with E-state index in [2.05, 4.69) is 23.7 Å². The van der Waals surface area contributed by atoms with Crippen LogP contribution in [0.25, 0.3) is 45.7 Å². The number of fused-ring (bicyclic) bond motifs is 2. The highest BCUT2D eigenvalue weighted by atomic mass is 16.5. The summed E-state index contributed by atoms with van der Waals surface area (Å²) in [6.45, 7) is 6.13. The summed E-state index contributed by atoms with van der Waals surface area (Å²) in [6.07, 6.45) is 3.65. The first-order valence-corrected chi connectivity index (χ1v) is 11.8. The number of phenols is 1. The van der Waals surface area contributed by atoms with Crippen LogP contribution in [0.4, 0.5) is 5.69 Å². The maximum absolute atomic E-state index is 12.8. The average Bonchev–Trinajstić information content (AvgIpc) is 3.32. The molecule has 0 spiro atoms. The molecule has 5 rings (SSSR count). The third-order valence-electron chi connectivity index (χ3n) is 6.12. The van der Waals surface area contributed by atoms with E-state index < -0.39 is 5.63 Å². The van der Waals surface area contributed by atoms with Crippen molar-refractivity contribution in [2.75, 3.05) is 18.0 Å². The molecular formula is C29H24N2O6. The topological polar surface area (TPSA) is 106 Å². The van der Waals surface area contributed by atoms with Gasteiger partial charge in [-0.25, -0.2) is 9.78 Å². The van der Waals surface area contributed by atoms with Gasteiger partial charge in [0.15, 0.2) is 17.1 Å². The molecule has 0 aliphatic rings. The minimum Gasteiger partial charge on any atom is -0.504 e. The molecule has 0 aliphatic heterocycles. The molecular weight excluding hydrogens is 472 g/mol. The van der Waals surface area contributed by atoms with Crippen LogP contribution in [0.1, 0.15) is 25.0 Å². The van der Waals surface area contributed by atoms with Crippen molar-refractivity contribution in [3.05, 3.63) is 82.2 Å². The number of benzene rings is 3. The lowest BCUT2D eigenvalue weighted by atomic mass is 10.1. The maximum Gasteiger partial charge on any atom is 0.349 e. The first-order valence-electron chi connectivity index (χ1n) is 11.8. The Bertz CT molecular complexity index is 1690. The lowest BCUT2D eigenvalue weighted by molar-refractivity contribution is -0.120. The number of hydrogen-bond donors (Lipinski definition) is 1. The van der Waals surface area contributed by atoms with Crippen molar-refractivity contribution in [3.63, 3.8) is 0 Å². The zero-order valence-electron chi connectivity index (χ0n) is 20.3. The van der Waals surface area contributed by atoms with Crippen molar-refractivity contribution in [1.82, 2.24) is 4.98 Å². The Balaban J connectivity index is 1.45. The number of ether oxygens (including phenoxy) is 1. The first kappa shape index (κ1) is 23.9. The van der Waals surface area contributed by atoms with E-state index in [9.17, 15) is 14.7 Å². The third kappa shape index (κ3) is 4.81. The molecule has 2 aromatic heterocycles. The second-order valence-electron chi connectivity index (χ2n) is 8.36. The summed E-state index contributed by atoms with van der Waals surface area (Å²) in [5, 5.41) is 10.5. The Labute approximate surface area is 212 Å². The zero-order chi connectivity index (χ0) is 25.9. The van der Waals surface area contributed by atoms with Gasteiger partial charge in [-0.05, 0) is 67.4 Å². The van der Waals surface area contributed by atoms with Crippen molar-refractivity contribution >= 4 is 46.4 Å². The van der Waals surface area contributed by atoms with E-state index in [4.69, 9.17) is 13.6 Å². The largest absolute Gasteiger partial charge is 0.504 e. The Morgan fingerprint density at radius 1 is 0.919 bits per heavy atom. The van der Waals surface area contributed by atoms with E-state index >= 15 is 0 Å². The summed E-state index contributed by atoms with van der Waals surface area (Å²) < 4.78 is 16.3. The van der Waals surface area contributed by atoms with Gasteiger partial charge in [0, 0.05) is 30.2 Å². The van der Waals surface area contributed by atoms with E-state index in [-0.39, 0.29) is 29.4 Å². The summed E-state index contributed by atoms with van der Waals surface area (Å²) in [5.74, 6) is 0.141. The molecule has 1 N–H and O–H groups in total. The van der Waals surface area contributed by atoms with E-state index in [1.807, 2.05) is 36.4 Å². The summed E-state index contributed by atoms with van der Waals surface area (Å²) in [6, 6.07) is 17.7. The number of anilines is 1. The van der Waals surface area contributed by atoms with Crippen LogP contribution in [0.5, 0.6) is 11.5 Å². The quantitative estimate of drug-likeness (QED) is 0.162. The fourth-order valence-electron chi connectivity index (χ4n) is 4.17. The van der Waals surface area contributed by atoms with E-state index in [0.29, 0.717) is 16.7 Å². The van der Waals surface area contributed by atoms with Gasteiger partial charge < -0.3 is 23.6 Å². The van der Waals surface area contributed by atoms with E-state index in [0.717, 1.165) is 35.3 Å². The molecule has 2 heterocycles. The number of hydrogen-bond acceptors (Lipinski definition) is 8. The van der Waals surface area contributed by atoms with Gasteiger partial charge in [0.1, 0.15) is 16.7 Å². The smallest absolute Gasteiger partial charge is 0.349 e. The Morgan fingerprint density at radius 3 is 2.43 bits per heavy atom. The lowest BCUT2D eigenvalue weighted by Gasteiger charge is -2.20. The highest BCUT2D eigenvalue weighted by Crippen LogP contribution is 2.29. The molecule has 0 fully saturated rings. The van der Waals surface area contributed by atoms with Crippen LogP contribution in [-0.2, 0) is 4.79 Å². The van der Waals surface area contributed by atoms with Gasteiger partial charge in [0.05, 0.1) is 0 Å². The van der Waals surface area contributed by atoms with Crippen molar-refractivity contribution in [3.8, 4) is 23.0 Å². The molecule has 8 heteroatoms. The van der Waals surface area contributed by atoms with Crippen molar-refractivity contribution in [1.29, 1.82) is 0 Å². The van der Waals surface area contributed by atoms with Gasteiger partial charge >= 0.3 is 5.63 Å². The first-order chi connectivity index (χ1) is 18.0. The summed E-state index contributed by atoms with van der Waals surface area (Å²) in [5.41, 5.74) is 3.92. The third-order valence-corrected chi connectivity index (χ3v) is 6.12. The predicted octanol–water partition coefficient (Wildman–Crippen LogP) is 5.86. The number of oxazole rings is 1. The average molecular weight is 497 g/mol. The molecule has 0 aliphatic carbocycles. The van der Waals surface area contributed by atoms with E-state index in [1.54, 1.807) is 30.3 Å². The highest BCUT2D eigenvalue weighted by Gasteiger charge is 2.15. The molecule has 5 aromatic rings. The van der Waals surface area contributed by atoms with E-state index in [1.165, 1.54) is 6.07 Å². The Kier molecular flexibility index (Phi) is 6.47. The SMILES string of the molecule is CCN(CC)c1ccc2cc(-c3nc4ccc(C=Cc5ccc(O)c(OC=O)c5)cc4o3)c(=O)oc2c1. The second-order valence-corrected chi connectivity index (χ2v) is 8.36. The zero-order valence-corrected chi connectivity index (χ0v) is 20.3. The number of aromatic hydroxyl groups is 1. The molecule has 3 aromatic carbocycles. The van der Waals surface area contributed by atoms with Gasteiger partial charge in [-0.1, -0.05) is 24.3 Å². The standard InChI is InChI=1S/C29H24N2O6/c1-3-31(4-2)21-10-9-20-15-22(29(34)37-25(20)16-21)28-30-23-11-7-18(13-26(23)36-28)5-6-19-8-12-24(33)27(14-19)35-17-32/h5-17,33H,3-4H2,1-2H3. The molecule has 186 valence electrons. The molecule has 0 amide bonds. The number of carbonyl (C=O) groups excluding carboxylic acids is 1. The predicted molar refractivity (Wildman–Crippen MR) is 143 cm³/mol. The van der Waals surface area contributed by atoms with Crippen LogP contribution >= 0.6 is 0 Å². The lowest BCUT2D eigenvalue weighted by Crippen LogP contribution is -2.21. The summed E-state index contributed by atoms with van der Waals surface area (Å²) in [7, 11) is 0. The van der Waals surface area contributed by atoms with Crippen LogP contribution in [0.2, 0.25) is 0 Å². The minimum absolute atomic E-state index is 0.0750. The van der Waals surface area contributed by atoms with Crippen LogP contribution in [0, 0.1) is 0 Å². The van der Waals surface area contributed by atoms with Gasteiger partial charge in [-0.3, -0.25) is 4.79 Å². The van der Waals surface area contributed by atoms with Gasteiger partial charge in [-0.15, -0.1) is 0 Å². The fraction of sp³-hybridized carbons (Fsp3) is 0.138. The molecule has 0 radical (unpaired) electrons. The number of nitrogens with zero attached hydrogens (tertiary/aromatic N) is 2. The van der Waals surface area contributed by atoms with Gasteiger partial charge in [-0.2, -0.15) is 0 Å². The van der Waals surface area contributed by atoms with Crippen LogP contribution in [-0.4, -0.2) is 29.7 Å². The number of rotatable bonds is 8. The van der Waals surface area contributed by atoms with Crippen LogP contribution in [0.3, 0.4) is 0 Å². The molecule has 0 atom stereocenters. The second kappa shape index (κ2) is 10.0. The normalized spacial score (nSPS) is 11.4. The van der Waals surface area contributed by atoms with Crippen molar-refractivity contribution < 1.29 is 23.5 Å². The molecule has 0 saturated carbocycles.